The first-order chi connectivity index (χ1) is 8.33. The summed E-state index contributed by atoms with van der Waals surface area (Å²) in [6.45, 7) is 9.39. The van der Waals surface area contributed by atoms with Crippen LogP contribution in [0.5, 0.6) is 0 Å². The van der Waals surface area contributed by atoms with Gasteiger partial charge in [0, 0.05) is 26.3 Å². The van der Waals surface area contributed by atoms with Gasteiger partial charge in [-0.25, -0.2) is 4.79 Å². The Morgan fingerprint density at radius 1 is 1.33 bits per heavy atom. The number of nitrogens with zero attached hydrogens (tertiary/aromatic N) is 1. The number of methoxy groups -OCH3 is 1. The van der Waals surface area contributed by atoms with Crippen molar-refractivity contribution in [3.8, 4) is 0 Å². The highest BCUT2D eigenvalue weighted by Crippen LogP contribution is 2.25. The topological polar surface area (TPSA) is 38.8 Å². The monoisotopic (exact) mass is 257 g/mol. The fourth-order valence-electron chi connectivity index (χ4n) is 2.31. The number of hydrogen-bond donors (Lipinski definition) is 0. The van der Waals surface area contributed by atoms with Crippen molar-refractivity contribution in [3.05, 3.63) is 0 Å². The summed E-state index contributed by atoms with van der Waals surface area (Å²) in [5.41, 5.74) is -0.427. The van der Waals surface area contributed by atoms with E-state index < -0.39 is 5.60 Å². The molecule has 4 heteroatoms. The average molecular weight is 257 g/mol. The second-order valence-electron chi connectivity index (χ2n) is 6.25. The maximum Gasteiger partial charge on any atom is 0.410 e. The lowest BCUT2D eigenvalue weighted by Crippen LogP contribution is -2.48. The van der Waals surface area contributed by atoms with E-state index in [1.165, 1.54) is 6.42 Å². The molecule has 0 spiro atoms. The summed E-state index contributed by atoms with van der Waals surface area (Å²) in [4.78, 5) is 14.1. The minimum atomic E-state index is -0.427. The zero-order chi connectivity index (χ0) is 13.8. The molecule has 0 bridgehead atoms. The molecule has 0 radical (unpaired) electrons. The maximum absolute atomic E-state index is 12.2. The first-order valence-corrected chi connectivity index (χ1v) is 6.82. The smallest absolute Gasteiger partial charge is 0.410 e. The van der Waals surface area contributed by atoms with Gasteiger partial charge in [0.2, 0.25) is 0 Å². The van der Waals surface area contributed by atoms with E-state index in [4.69, 9.17) is 9.47 Å². The van der Waals surface area contributed by atoms with Gasteiger partial charge >= 0.3 is 6.09 Å². The lowest BCUT2D eigenvalue weighted by Gasteiger charge is -2.39. The van der Waals surface area contributed by atoms with Crippen LogP contribution in [0.3, 0.4) is 0 Å². The standard InChI is InChI=1S/C14H27NO3/c1-11-6-7-12(8-9-17-5)15(10-11)13(16)18-14(2,3)4/h11-12H,6-10H2,1-5H3/t11-,12-/m0/s1. The Balaban J connectivity index is 2.63. The van der Waals surface area contributed by atoms with Crippen molar-refractivity contribution in [3.63, 3.8) is 0 Å². The van der Waals surface area contributed by atoms with Crippen molar-refractivity contribution in [2.45, 2.75) is 58.6 Å². The van der Waals surface area contributed by atoms with Crippen LogP contribution in [0.4, 0.5) is 4.79 Å². The zero-order valence-corrected chi connectivity index (χ0v) is 12.4. The molecule has 0 saturated carbocycles. The van der Waals surface area contributed by atoms with E-state index in [2.05, 4.69) is 6.92 Å². The molecule has 1 rings (SSSR count). The molecule has 0 aliphatic carbocycles. The Morgan fingerprint density at radius 3 is 2.56 bits per heavy atom. The minimum Gasteiger partial charge on any atom is -0.444 e. The Bertz CT molecular complexity index is 271. The van der Waals surface area contributed by atoms with E-state index in [-0.39, 0.29) is 12.1 Å². The summed E-state index contributed by atoms with van der Waals surface area (Å²) >= 11 is 0. The molecule has 1 fully saturated rings. The van der Waals surface area contributed by atoms with Crippen molar-refractivity contribution in [2.75, 3.05) is 20.3 Å². The van der Waals surface area contributed by atoms with Gasteiger partial charge in [0.1, 0.15) is 5.60 Å². The van der Waals surface area contributed by atoms with Crippen LogP contribution in [-0.2, 0) is 9.47 Å². The van der Waals surface area contributed by atoms with Crippen molar-refractivity contribution >= 4 is 6.09 Å². The number of rotatable bonds is 3. The lowest BCUT2D eigenvalue weighted by molar-refractivity contribution is -0.000235. The first kappa shape index (κ1) is 15.3. The van der Waals surface area contributed by atoms with Gasteiger partial charge in [-0.2, -0.15) is 0 Å². The molecule has 0 unspecified atom stereocenters. The largest absolute Gasteiger partial charge is 0.444 e. The summed E-state index contributed by atoms with van der Waals surface area (Å²) in [6, 6.07) is 0.260. The summed E-state index contributed by atoms with van der Waals surface area (Å²) in [5, 5.41) is 0. The van der Waals surface area contributed by atoms with Gasteiger partial charge in [0.25, 0.3) is 0 Å². The molecule has 106 valence electrons. The molecule has 0 N–H and O–H groups in total. The third-order valence-corrected chi connectivity index (χ3v) is 3.23. The second kappa shape index (κ2) is 6.41. The van der Waals surface area contributed by atoms with Gasteiger partial charge in [0.15, 0.2) is 0 Å². The molecule has 2 atom stereocenters. The SMILES string of the molecule is COCC[C@@H]1CC[C@H](C)CN1C(=O)OC(C)(C)C. The van der Waals surface area contributed by atoms with Gasteiger partial charge in [0.05, 0.1) is 0 Å². The normalized spacial score (nSPS) is 25.1. The molecule has 1 aliphatic rings. The number of piperidine rings is 1. The van der Waals surface area contributed by atoms with Crippen LogP contribution >= 0.6 is 0 Å². The molecule has 0 aromatic heterocycles. The third-order valence-electron chi connectivity index (χ3n) is 3.23. The summed E-state index contributed by atoms with van der Waals surface area (Å²) in [5.74, 6) is 0.552. The second-order valence-corrected chi connectivity index (χ2v) is 6.25. The van der Waals surface area contributed by atoms with Crippen LogP contribution in [-0.4, -0.2) is 42.9 Å². The molecule has 1 amide bonds. The number of likely N-dealkylation sites (tertiary alicyclic amines) is 1. The van der Waals surface area contributed by atoms with Gasteiger partial charge in [-0.3, -0.25) is 0 Å². The van der Waals surface area contributed by atoms with Crippen LogP contribution in [0, 0.1) is 5.92 Å². The number of ether oxygens (including phenoxy) is 2. The number of carbonyl (C=O) groups excluding carboxylic acids is 1. The number of amides is 1. The molecule has 1 aliphatic heterocycles. The van der Waals surface area contributed by atoms with E-state index in [0.717, 1.165) is 19.4 Å². The van der Waals surface area contributed by atoms with Gasteiger partial charge in [-0.1, -0.05) is 6.92 Å². The van der Waals surface area contributed by atoms with Crippen LogP contribution in [0.2, 0.25) is 0 Å². The number of hydrogen-bond acceptors (Lipinski definition) is 3. The van der Waals surface area contributed by atoms with E-state index in [1.54, 1.807) is 7.11 Å². The molecule has 0 aromatic rings. The van der Waals surface area contributed by atoms with Crippen LogP contribution < -0.4 is 0 Å². The minimum absolute atomic E-state index is 0.185. The van der Waals surface area contributed by atoms with Crippen molar-refractivity contribution < 1.29 is 14.3 Å². The Morgan fingerprint density at radius 2 is 2.00 bits per heavy atom. The highest BCUT2D eigenvalue weighted by atomic mass is 16.6. The highest BCUT2D eigenvalue weighted by molar-refractivity contribution is 5.68. The highest BCUT2D eigenvalue weighted by Gasteiger charge is 2.32. The van der Waals surface area contributed by atoms with Crippen molar-refractivity contribution in [1.82, 2.24) is 4.90 Å². The van der Waals surface area contributed by atoms with Crippen LogP contribution in [0.1, 0.15) is 47.0 Å². The molecule has 1 saturated heterocycles. The van der Waals surface area contributed by atoms with E-state index >= 15 is 0 Å². The third kappa shape index (κ3) is 4.84. The van der Waals surface area contributed by atoms with Gasteiger partial charge in [-0.15, -0.1) is 0 Å². The average Bonchev–Trinajstić information content (AvgIpc) is 2.25. The predicted molar refractivity (Wildman–Crippen MR) is 71.6 cm³/mol. The Kier molecular flexibility index (Phi) is 5.45. The molecule has 0 aromatic carbocycles. The van der Waals surface area contributed by atoms with Crippen LogP contribution in [0.15, 0.2) is 0 Å². The Hall–Kier alpha value is -0.770. The fourth-order valence-corrected chi connectivity index (χ4v) is 2.31. The van der Waals surface area contributed by atoms with Crippen molar-refractivity contribution in [2.24, 2.45) is 5.92 Å². The number of carbonyl (C=O) groups is 1. The lowest BCUT2D eigenvalue weighted by atomic mass is 9.93. The predicted octanol–water partition coefficient (Wildman–Crippen LogP) is 3.06. The van der Waals surface area contributed by atoms with Crippen LogP contribution in [0.25, 0.3) is 0 Å². The molecule has 1 heterocycles. The van der Waals surface area contributed by atoms with Gasteiger partial charge < -0.3 is 14.4 Å². The summed E-state index contributed by atoms with van der Waals surface area (Å²) < 4.78 is 10.6. The first-order valence-electron chi connectivity index (χ1n) is 6.82. The summed E-state index contributed by atoms with van der Waals surface area (Å²) in [6.07, 6.45) is 2.93. The Labute approximate surface area is 111 Å². The van der Waals surface area contributed by atoms with Gasteiger partial charge in [-0.05, 0) is 46.0 Å². The van der Waals surface area contributed by atoms with Crippen molar-refractivity contribution in [1.29, 1.82) is 0 Å². The molecule has 4 nitrogen and oxygen atoms in total. The quantitative estimate of drug-likeness (QED) is 0.780. The fraction of sp³-hybridized carbons (Fsp3) is 0.929. The summed E-state index contributed by atoms with van der Waals surface area (Å²) in [7, 11) is 1.70. The molecular formula is C14H27NO3. The van der Waals surface area contributed by atoms with E-state index in [0.29, 0.717) is 12.5 Å². The van der Waals surface area contributed by atoms with E-state index in [9.17, 15) is 4.79 Å². The maximum atomic E-state index is 12.2. The molecular weight excluding hydrogens is 230 g/mol. The molecule has 18 heavy (non-hydrogen) atoms. The van der Waals surface area contributed by atoms with E-state index in [1.807, 2.05) is 25.7 Å². The zero-order valence-electron chi connectivity index (χ0n) is 12.4.